The molecular weight excluding hydrogens is 408 g/mol. The van der Waals surface area contributed by atoms with E-state index in [9.17, 15) is 14.7 Å². The second-order valence-corrected chi connectivity index (χ2v) is 9.16. The van der Waals surface area contributed by atoms with Crippen LogP contribution in [0.3, 0.4) is 0 Å². The quantitative estimate of drug-likeness (QED) is 0.794. The molecule has 0 saturated carbocycles. The minimum atomic E-state index is -1.16. The van der Waals surface area contributed by atoms with Crippen molar-refractivity contribution in [1.29, 1.82) is 0 Å². The van der Waals surface area contributed by atoms with E-state index in [2.05, 4.69) is 30.8 Å². The zero-order valence-electron chi connectivity index (χ0n) is 18.6. The van der Waals surface area contributed by atoms with Crippen LogP contribution in [0.15, 0.2) is 48.5 Å². The van der Waals surface area contributed by atoms with Crippen molar-refractivity contribution in [2.75, 3.05) is 37.0 Å². The van der Waals surface area contributed by atoms with E-state index in [1.807, 2.05) is 42.5 Å². The minimum absolute atomic E-state index is 0.00240. The number of carboxylic acid groups (broad SMARTS) is 1. The van der Waals surface area contributed by atoms with E-state index in [0.717, 1.165) is 34.7 Å². The fourth-order valence-electron chi connectivity index (χ4n) is 5.66. The van der Waals surface area contributed by atoms with E-state index in [1.54, 1.807) is 6.07 Å². The van der Waals surface area contributed by atoms with Crippen LogP contribution in [0.1, 0.15) is 24.5 Å². The standard InChI is InChI=1S/C24H28N4O4/c1-24-11-12-25(2)22(24)26(3)19-10-9-17(13-18(19)24)28(23(30)31)20-15-32-27(21(20)29)14-16-7-5-4-6-8-16/h4-10,13,20,22H,11-12,14-15H2,1-3H3,(H,30,31)/t20-,22+,24-/m0/s1. The van der Waals surface area contributed by atoms with Gasteiger partial charge in [0.1, 0.15) is 12.6 Å². The molecular formula is C24H28N4O4. The van der Waals surface area contributed by atoms with Gasteiger partial charge < -0.3 is 10.0 Å². The largest absolute Gasteiger partial charge is 0.465 e. The maximum atomic E-state index is 13.1. The second kappa shape index (κ2) is 7.50. The fraction of sp³-hybridized carbons (Fsp3) is 0.417. The molecule has 2 aromatic carbocycles. The zero-order chi connectivity index (χ0) is 22.6. The molecule has 0 radical (unpaired) electrons. The number of hydrogen-bond acceptors (Lipinski definition) is 5. The first-order valence-electron chi connectivity index (χ1n) is 10.9. The molecule has 3 aliphatic heterocycles. The number of carbonyl (C=O) groups excluding carboxylic acids is 1. The number of fused-ring (bicyclic) bond motifs is 3. The van der Waals surface area contributed by atoms with Gasteiger partial charge in [-0.3, -0.25) is 19.4 Å². The van der Waals surface area contributed by atoms with Crippen molar-refractivity contribution < 1.29 is 19.5 Å². The summed E-state index contributed by atoms with van der Waals surface area (Å²) in [5, 5.41) is 11.3. The van der Waals surface area contributed by atoms with Crippen molar-refractivity contribution in [3.8, 4) is 0 Å². The van der Waals surface area contributed by atoms with E-state index in [-0.39, 0.29) is 30.6 Å². The van der Waals surface area contributed by atoms with Gasteiger partial charge >= 0.3 is 6.09 Å². The fourth-order valence-corrected chi connectivity index (χ4v) is 5.66. The molecule has 2 saturated heterocycles. The van der Waals surface area contributed by atoms with E-state index >= 15 is 0 Å². The van der Waals surface area contributed by atoms with Gasteiger partial charge in [0, 0.05) is 30.4 Å². The lowest BCUT2D eigenvalue weighted by Crippen LogP contribution is -2.46. The molecule has 0 bridgehead atoms. The van der Waals surface area contributed by atoms with Crippen molar-refractivity contribution in [2.45, 2.75) is 37.5 Å². The average molecular weight is 437 g/mol. The number of rotatable bonds is 4. The second-order valence-electron chi connectivity index (χ2n) is 9.16. The molecule has 0 unspecified atom stereocenters. The molecule has 3 heterocycles. The molecule has 32 heavy (non-hydrogen) atoms. The van der Waals surface area contributed by atoms with E-state index in [1.165, 1.54) is 5.06 Å². The Bertz CT molecular complexity index is 1060. The number of amides is 2. The highest BCUT2D eigenvalue weighted by Gasteiger charge is 2.52. The number of nitrogens with zero attached hydrogens (tertiary/aromatic N) is 4. The van der Waals surface area contributed by atoms with Gasteiger partial charge in [-0.25, -0.2) is 9.86 Å². The summed E-state index contributed by atoms with van der Waals surface area (Å²) < 4.78 is 0. The summed E-state index contributed by atoms with van der Waals surface area (Å²) in [6, 6.07) is 14.3. The highest BCUT2D eigenvalue weighted by Crippen LogP contribution is 2.51. The Hall–Kier alpha value is -3.10. The number of hydrogen-bond donors (Lipinski definition) is 1. The van der Waals surface area contributed by atoms with Crippen molar-refractivity contribution in [2.24, 2.45) is 0 Å². The number of likely N-dealkylation sites (N-methyl/N-ethyl adjacent to an activating group) is 2. The van der Waals surface area contributed by atoms with Crippen LogP contribution in [-0.4, -0.2) is 66.5 Å². The maximum Gasteiger partial charge on any atom is 0.412 e. The molecule has 3 atom stereocenters. The first-order valence-corrected chi connectivity index (χ1v) is 10.9. The summed E-state index contributed by atoms with van der Waals surface area (Å²) in [4.78, 5) is 36.8. The third kappa shape index (κ3) is 3.05. The molecule has 3 aliphatic rings. The summed E-state index contributed by atoms with van der Waals surface area (Å²) in [6.45, 7) is 3.51. The van der Waals surface area contributed by atoms with Gasteiger partial charge in [-0.2, -0.15) is 0 Å². The summed E-state index contributed by atoms with van der Waals surface area (Å²) in [5.41, 5.74) is 3.58. The van der Waals surface area contributed by atoms with Gasteiger partial charge in [-0.15, -0.1) is 0 Å². The Kier molecular flexibility index (Phi) is 4.87. The van der Waals surface area contributed by atoms with Gasteiger partial charge in [-0.1, -0.05) is 37.3 Å². The number of hydroxylamine groups is 2. The van der Waals surface area contributed by atoms with Crippen LogP contribution in [0.4, 0.5) is 16.2 Å². The van der Waals surface area contributed by atoms with Gasteiger partial charge in [0.25, 0.3) is 5.91 Å². The summed E-state index contributed by atoms with van der Waals surface area (Å²) in [6.07, 6.45) is 0.0760. The lowest BCUT2D eigenvalue weighted by molar-refractivity contribution is -0.164. The Balaban J connectivity index is 1.44. The van der Waals surface area contributed by atoms with Crippen LogP contribution in [-0.2, 0) is 21.6 Å². The normalized spacial score (nSPS) is 27.0. The number of benzene rings is 2. The summed E-state index contributed by atoms with van der Waals surface area (Å²) >= 11 is 0. The summed E-state index contributed by atoms with van der Waals surface area (Å²) in [7, 11) is 4.21. The van der Waals surface area contributed by atoms with E-state index in [0.29, 0.717) is 5.69 Å². The Morgan fingerprint density at radius 3 is 2.69 bits per heavy atom. The maximum absolute atomic E-state index is 13.1. The molecule has 2 amide bonds. The molecule has 5 rings (SSSR count). The first-order chi connectivity index (χ1) is 15.3. The summed E-state index contributed by atoms with van der Waals surface area (Å²) in [5.74, 6) is -0.349. The van der Waals surface area contributed by atoms with Gasteiger partial charge in [-0.05, 0) is 42.8 Å². The molecule has 2 fully saturated rings. The number of carbonyl (C=O) groups is 2. The topological polar surface area (TPSA) is 76.6 Å². The molecule has 2 aromatic rings. The van der Waals surface area contributed by atoms with Crippen molar-refractivity contribution in [3.63, 3.8) is 0 Å². The highest BCUT2D eigenvalue weighted by molar-refractivity contribution is 5.97. The Labute approximate surface area is 187 Å². The number of likely N-dealkylation sites (tertiary alicyclic amines) is 1. The average Bonchev–Trinajstić information content (AvgIpc) is 3.35. The Morgan fingerprint density at radius 2 is 1.97 bits per heavy atom. The molecule has 0 aliphatic carbocycles. The van der Waals surface area contributed by atoms with Gasteiger partial charge in [0.15, 0.2) is 0 Å². The molecule has 1 N–H and O–H groups in total. The van der Waals surface area contributed by atoms with Gasteiger partial charge in [0.2, 0.25) is 0 Å². The SMILES string of the molecule is CN1CC[C@@]2(C)c3cc(N(C(=O)O)[C@H]4CON(Cc5ccccc5)C4=O)ccc3N(C)[C@@H]12. The predicted molar refractivity (Wildman–Crippen MR) is 120 cm³/mol. The lowest BCUT2D eigenvalue weighted by Gasteiger charge is -2.32. The lowest BCUT2D eigenvalue weighted by atomic mass is 9.81. The highest BCUT2D eigenvalue weighted by atomic mass is 16.7. The van der Waals surface area contributed by atoms with Crippen molar-refractivity contribution in [1.82, 2.24) is 9.96 Å². The van der Waals surface area contributed by atoms with Crippen LogP contribution >= 0.6 is 0 Å². The van der Waals surface area contributed by atoms with Crippen LogP contribution in [0.5, 0.6) is 0 Å². The third-order valence-corrected chi connectivity index (χ3v) is 7.20. The molecule has 0 spiro atoms. The Morgan fingerprint density at radius 1 is 1.22 bits per heavy atom. The van der Waals surface area contributed by atoms with Crippen LogP contribution < -0.4 is 9.80 Å². The zero-order valence-corrected chi connectivity index (χ0v) is 18.6. The van der Waals surface area contributed by atoms with Gasteiger partial charge in [0.05, 0.1) is 12.7 Å². The molecule has 8 nitrogen and oxygen atoms in total. The van der Waals surface area contributed by atoms with E-state index < -0.39 is 12.1 Å². The first kappa shape index (κ1) is 20.8. The minimum Gasteiger partial charge on any atom is -0.465 e. The van der Waals surface area contributed by atoms with Crippen molar-refractivity contribution in [3.05, 3.63) is 59.7 Å². The smallest absolute Gasteiger partial charge is 0.412 e. The third-order valence-electron chi connectivity index (χ3n) is 7.20. The van der Waals surface area contributed by atoms with Crippen LogP contribution in [0.25, 0.3) is 0 Å². The number of anilines is 2. The predicted octanol–water partition coefficient (Wildman–Crippen LogP) is 2.88. The van der Waals surface area contributed by atoms with E-state index in [4.69, 9.17) is 4.84 Å². The molecule has 0 aromatic heterocycles. The molecule has 8 heteroatoms. The van der Waals surface area contributed by atoms with Crippen LogP contribution in [0.2, 0.25) is 0 Å². The monoisotopic (exact) mass is 436 g/mol. The van der Waals surface area contributed by atoms with Crippen LogP contribution in [0, 0.1) is 0 Å². The molecule has 168 valence electrons. The van der Waals surface area contributed by atoms with Crippen molar-refractivity contribution >= 4 is 23.4 Å².